The van der Waals surface area contributed by atoms with Gasteiger partial charge in [-0.05, 0) is 19.2 Å². The molecule has 0 aliphatic heterocycles. The first-order chi connectivity index (χ1) is 12.1. The average Bonchev–Trinajstić information content (AvgIpc) is 3.08. The van der Waals surface area contributed by atoms with Gasteiger partial charge in [0.25, 0.3) is 0 Å². The highest BCUT2D eigenvalue weighted by molar-refractivity contribution is 6.32. The normalized spacial score (nSPS) is 10.6. The molecular weight excluding hydrogens is 348 g/mol. The van der Waals surface area contributed by atoms with Gasteiger partial charge in [-0.3, -0.25) is 4.79 Å². The number of carbonyl (C=O) groups is 1. The van der Waals surface area contributed by atoms with E-state index in [1.165, 1.54) is 14.2 Å². The Kier molecular flexibility index (Phi) is 7.03. The molecule has 0 atom stereocenters. The van der Waals surface area contributed by atoms with Crippen molar-refractivity contribution in [2.45, 2.75) is 12.8 Å². The maximum absolute atomic E-state index is 11.7. The van der Waals surface area contributed by atoms with Crippen molar-refractivity contribution in [2.75, 3.05) is 34.4 Å². The second kappa shape index (κ2) is 9.24. The van der Waals surface area contributed by atoms with Gasteiger partial charge in [-0.15, -0.1) is 0 Å². The number of amides is 1. The smallest absolute Gasteiger partial charge is 0.227 e. The van der Waals surface area contributed by atoms with E-state index in [-0.39, 0.29) is 12.3 Å². The van der Waals surface area contributed by atoms with E-state index in [4.69, 9.17) is 25.6 Å². The van der Waals surface area contributed by atoms with Crippen LogP contribution in [-0.4, -0.2) is 50.4 Å². The highest BCUT2D eigenvalue weighted by atomic mass is 35.5. The van der Waals surface area contributed by atoms with E-state index in [1.54, 1.807) is 12.1 Å². The molecule has 2 rings (SSSR count). The number of carbonyl (C=O) groups excluding carboxylic acids is 1. The van der Waals surface area contributed by atoms with Gasteiger partial charge in [0.2, 0.25) is 17.6 Å². The third-order valence-corrected chi connectivity index (χ3v) is 3.70. The fourth-order valence-corrected chi connectivity index (χ4v) is 2.44. The standard InChI is InChI=1S/C16H21ClN4O4/c1-18-6-7-19-13(22)4-5-14-20-16(21-25-14)10-8-11(17)15(24-3)12(9-10)23-2/h8-9,18H,4-7H2,1-3H3,(H,19,22). The first-order valence-electron chi connectivity index (χ1n) is 7.74. The van der Waals surface area contributed by atoms with Crippen molar-refractivity contribution in [1.82, 2.24) is 20.8 Å². The quantitative estimate of drug-likeness (QED) is 0.649. The molecule has 0 aliphatic carbocycles. The van der Waals surface area contributed by atoms with E-state index in [0.717, 1.165) is 6.54 Å². The van der Waals surface area contributed by atoms with Gasteiger partial charge in [0.1, 0.15) is 0 Å². The number of hydrogen-bond donors (Lipinski definition) is 2. The molecule has 2 aromatic rings. The Morgan fingerprint density at radius 3 is 2.76 bits per heavy atom. The van der Waals surface area contributed by atoms with Crippen molar-refractivity contribution in [2.24, 2.45) is 0 Å². The van der Waals surface area contributed by atoms with Gasteiger partial charge >= 0.3 is 0 Å². The number of nitrogens with zero attached hydrogens (tertiary/aromatic N) is 2. The number of methoxy groups -OCH3 is 2. The summed E-state index contributed by atoms with van der Waals surface area (Å²) in [4.78, 5) is 16.0. The van der Waals surface area contributed by atoms with Gasteiger partial charge in [-0.1, -0.05) is 16.8 Å². The summed E-state index contributed by atoms with van der Waals surface area (Å²) in [6.07, 6.45) is 0.636. The minimum Gasteiger partial charge on any atom is -0.493 e. The summed E-state index contributed by atoms with van der Waals surface area (Å²) in [7, 11) is 4.86. The van der Waals surface area contributed by atoms with Crippen LogP contribution < -0.4 is 20.1 Å². The molecule has 0 bridgehead atoms. The number of likely N-dealkylation sites (N-methyl/N-ethyl adjacent to an activating group) is 1. The summed E-state index contributed by atoms with van der Waals surface area (Å²) >= 11 is 6.18. The number of hydrogen-bond acceptors (Lipinski definition) is 7. The van der Waals surface area contributed by atoms with Crippen LogP contribution in [0.5, 0.6) is 11.5 Å². The van der Waals surface area contributed by atoms with Gasteiger partial charge in [-0.25, -0.2) is 0 Å². The zero-order chi connectivity index (χ0) is 18.2. The van der Waals surface area contributed by atoms with Crippen LogP contribution in [0.2, 0.25) is 5.02 Å². The first kappa shape index (κ1) is 19.0. The topological polar surface area (TPSA) is 98.5 Å². The third-order valence-electron chi connectivity index (χ3n) is 3.42. The molecule has 0 unspecified atom stereocenters. The maximum Gasteiger partial charge on any atom is 0.227 e. The molecule has 1 aromatic heterocycles. The second-order valence-electron chi connectivity index (χ2n) is 5.16. The number of nitrogens with one attached hydrogen (secondary N) is 2. The van der Waals surface area contributed by atoms with E-state index >= 15 is 0 Å². The Balaban J connectivity index is 2.04. The Hall–Kier alpha value is -2.32. The van der Waals surface area contributed by atoms with Crippen LogP contribution in [0.3, 0.4) is 0 Å². The molecule has 0 spiro atoms. The van der Waals surface area contributed by atoms with E-state index in [2.05, 4.69) is 20.8 Å². The molecule has 1 amide bonds. The number of ether oxygens (including phenoxy) is 2. The molecular formula is C16H21ClN4O4. The van der Waals surface area contributed by atoms with Crippen molar-refractivity contribution in [1.29, 1.82) is 0 Å². The van der Waals surface area contributed by atoms with Gasteiger partial charge in [0.05, 0.1) is 19.2 Å². The van der Waals surface area contributed by atoms with E-state index in [0.29, 0.717) is 46.8 Å². The van der Waals surface area contributed by atoms with Crippen molar-refractivity contribution in [3.8, 4) is 22.9 Å². The molecule has 2 N–H and O–H groups in total. The van der Waals surface area contributed by atoms with Gasteiger partial charge in [0, 0.05) is 31.5 Å². The molecule has 136 valence electrons. The van der Waals surface area contributed by atoms with Gasteiger partial charge in [0.15, 0.2) is 11.5 Å². The van der Waals surface area contributed by atoms with Gasteiger partial charge in [-0.2, -0.15) is 4.98 Å². The molecule has 0 aliphatic rings. The lowest BCUT2D eigenvalue weighted by Gasteiger charge is -2.10. The summed E-state index contributed by atoms with van der Waals surface area (Å²) in [5.74, 6) is 1.59. The molecule has 8 nitrogen and oxygen atoms in total. The Morgan fingerprint density at radius 2 is 2.08 bits per heavy atom. The predicted octanol–water partition coefficient (Wildman–Crippen LogP) is 1.68. The Morgan fingerprint density at radius 1 is 1.28 bits per heavy atom. The molecule has 9 heteroatoms. The van der Waals surface area contributed by atoms with Gasteiger partial charge < -0.3 is 24.6 Å². The highest BCUT2D eigenvalue weighted by Crippen LogP contribution is 2.38. The molecule has 0 radical (unpaired) electrons. The van der Waals surface area contributed by atoms with E-state index in [9.17, 15) is 4.79 Å². The molecule has 0 saturated carbocycles. The molecule has 25 heavy (non-hydrogen) atoms. The molecule has 0 saturated heterocycles. The average molecular weight is 369 g/mol. The highest BCUT2D eigenvalue weighted by Gasteiger charge is 2.16. The third kappa shape index (κ3) is 5.07. The van der Waals surface area contributed by atoms with Crippen LogP contribution in [0.4, 0.5) is 0 Å². The second-order valence-corrected chi connectivity index (χ2v) is 5.57. The molecule has 1 heterocycles. The van der Waals surface area contributed by atoms with Crippen molar-refractivity contribution < 1.29 is 18.8 Å². The minimum atomic E-state index is -0.0656. The summed E-state index contributed by atoms with van der Waals surface area (Å²) < 4.78 is 15.7. The van der Waals surface area contributed by atoms with E-state index in [1.807, 2.05) is 7.05 Å². The monoisotopic (exact) mass is 368 g/mol. The lowest BCUT2D eigenvalue weighted by atomic mass is 10.2. The van der Waals surface area contributed by atoms with Crippen LogP contribution >= 0.6 is 11.6 Å². The fourth-order valence-electron chi connectivity index (χ4n) is 2.16. The largest absolute Gasteiger partial charge is 0.493 e. The van der Waals surface area contributed by atoms with Crippen LogP contribution in [0.1, 0.15) is 12.3 Å². The van der Waals surface area contributed by atoms with Crippen molar-refractivity contribution in [3.63, 3.8) is 0 Å². The van der Waals surface area contributed by atoms with Crippen molar-refractivity contribution in [3.05, 3.63) is 23.0 Å². The number of aryl methyl sites for hydroxylation is 1. The maximum atomic E-state index is 11.7. The first-order valence-corrected chi connectivity index (χ1v) is 8.12. The number of halogens is 1. The Labute approximate surface area is 150 Å². The zero-order valence-electron chi connectivity index (χ0n) is 14.4. The zero-order valence-corrected chi connectivity index (χ0v) is 15.1. The van der Waals surface area contributed by atoms with Crippen molar-refractivity contribution >= 4 is 17.5 Å². The minimum absolute atomic E-state index is 0.0656. The Bertz CT molecular complexity index is 720. The summed E-state index contributed by atoms with van der Waals surface area (Å²) in [5, 5.41) is 10.1. The number of benzene rings is 1. The van der Waals surface area contributed by atoms with Crippen LogP contribution in [0.15, 0.2) is 16.7 Å². The lowest BCUT2D eigenvalue weighted by Crippen LogP contribution is -2.30. The van der Waals surface area contributed by atoms with Crippen LogP contribution in [0, 0.1) is 0 Å². The SMILES string of the molecule is CNCCNC(=O)CCc1nc(-c2cc(Cl)c(OC)c(OC)c2)no1. The fraction of sp³-hybridized carbons (Fsp3) is 0.438. The summed E-state index contributed by atoms with van der Waals surface area (Å²) in [6, 6.07) is 3.38. The number of rotatable bonds is 9. The van der Waals surface area contributed by atoms with Crippen LogP contribution in [0.25, 0.3) is 11.4 Å². The number of aromatic nitrogens is 2. The van der Waals surface area contributed by atoms with Crippen LogP contribution in [-0.2, 0) is 11.2 Å². The molecule has 1 aromatic carbocycles. The lowest BCUT2D eigenvalue weighted by molar-refractivity contribution is -0.121. The predicted molar refractivity (Wildman–Crippen MR) is 93.1 cm³/mol. The molecule has 0 fully saturated rings. The van der Waals surface area contributed by atoms with E-state index < -0.39 is 0 Å². The summed E-state index contributed by atoms with van der Waals surface area (Å²) in [6.45, 7) is 1.30. The summed E-state index contributed by atoms with van der Waals surface area (Å²) in [5.41, 5.74) is 0.635.